The SMILES string of the molecule is CSc1c(F)cccc1C1CCCN1. The molecule has 1 N–H and O–H groups in total. The molecule has 1 aromatic carbocycles. The van der Waals surface area contributed by atoms with Crippen LogP contribution in [-0.4, -0.2) is 12.8 Å². The summed E-state index contributed by atoms with van der Waals surface area (Å²) in [5.74, 6) is -0.0938. The van der Waals surface area contributed by atoms with Crippen molar-refractivity contribution in [1.29, 1.82) is 0 Å². The first-order chi connectivity index (χ1) is 6.83. The van der Waals surface area contributed by atoms with Crippen molar-refractivity contribution in [2.24, 2.45) is 0 Å². The summed E-state index contributed by atoms with van der Waals surface area (Å²) in [5, 5.41) is 3.39. The quantitative estimate of drug-likeness (QED) is 0.755. The fraction of sp³-hybridized carbons (Fsp3) is 0.455. The van der Waals surface area contributed by atoms with Gasteiger partial charge in [-0.3, -0.25) is 0 Å². The van der Waals surface area contributed by atoms with E-state index < -0.39 is 0 Å². The molecular formula is C11H14FNS. The van der Waals surface area contributed by atoms with E-state index in [0.717, 1.165) is 23.4 Å². The van der Waals surface area contributed by atoms with E-state index in [1.54, 1.807) is 6.07 Å². The van der Waals surface area contributed by atoms with E-state index in [-0.39, 0.29) is 5.82 Å². The molecule has 14 heavy (non-hydrogen) atoms. The summed E-state index contributed by atoms with van der Waals surface area (Å²) in [4.78, 5) is 0.798. The smallest absolute Gasteiger partial charge is 0.137 e. The van der Waals surface area contributed by atoms with Gasteiger partial charge in [-0.05, 0) is 37.3 Å². The van der Waals surface area contributed by atoms with Crippen LogP contribution in [0.3, 0.4) is 0 Å². The number of hydrogen-bond acceptors (Lipinski definition) is 2. The minimum Gasteiger partial charge on any atom is -0.310 e. The third-order valence-electron chi connectivity index (χ3n) is 2.64. The molecule has 1 nitrogen and oxygen atoms in total. The molecule has 1 atom stereocenters. The summed E-state index contributed by atoms with van der Waals surface area (Å²) in [6, 6.07) is 5.71. The van der Waals surface area contributed by atoms with Crippen molar-refractivity contribution in [3.8, 4) is 0 Å². The lowest BCUT2D eigenvalue weighted by Gasteiger charge is -2.14. The van der Waals surface area contributed by atoms with Gasteiger partial charge >= 0.3 is 0 Å². The van der Waals surface area contributed by atoms with E-state index in [0.29, 0.717) is 6.04 Å². The molecular weight excluding hydrogens is 197 g/mol. The second kappa shape index (κ2) is 4.32. The van der Waals surface area contributed by atoms with E-state index in [9.17, 15) is 4.39 Å². The average Bonchev–Trinajstić information content (AvgIpc) is 2.70. The third-order valence-corrected chi connectivity index (χ3v) is 3.48. The molecule has 1 aliphatic heterocycles. The van der Waals surface area contributed by atoms with Crippen LogP contribution in [0.2, 0.25) is 0 Å². The van der Waals surface area contributed by atoms with Crippen LogP contribution in [-0.2, 0) is 0 Å². The first-order valence-corrected chi connectivity index (χ1v) is 6.11. The van der Waals surface area contributed by atoms with Gasteiger partial charge in [-0.15, -0.1) is 11.8 Å². The molecule has 0 spiro atoms. The highest BCUT2D eigenvalue weighted by atomic mass is 32.2. The van der Waals surface area contributed by atoms with Crippen molar-refractivity contribution in [2.75, 3.05) is 12.8 Å². The van der Waals surface area contributed by atoms with Gasteiger partial charge in [-0.2, -0.15) is 0 Å². The van der Waals surface area contributed by atoms with Gasteiger partial charge < -0.3 is 5.32 Å². The first-order valence-electron chi connectivity index (χ1n) is 4.88. The van der Waals surface area contributed by atoms with E-state index in [1.165, 1.54) is 24.2 Å². The summed E-state index contributed by atoms with van der Waals surface area (Å²) >= 11 is 1.49. The Balaban J connectivity index is 2.35. The second-order valence-corrected chi connectivity index (χ2v) is 4.33. The zero-order chi connectivity index (χ0) is 9.97. The Labute approximate surface area is 88.1 Å². The Morgan fingerprint density at radius 3 is 3.00 bits per heavy atom. The Kier molecular flexibility index (Phi) is 3.08. The lowest BCUT2D eigenvalue weighted by atomic mass is 10.1. The van der Waals surface area contributed by atoms with E-state index in [1.807, 2.05) is 12.3 Å². The van der Waals surface area contributed by atoms with Crippen LogP contribution in [0, 0.1) is 5.82 Å². The highest BCUT2D eigenvalue weighted by molar-refractivity contribution is 7.98. The second-order valence-electron chi connectivity index (χ2n) is 3.51. The first kappa shape index (κ1) is 9.99. The molecule has 1 aliphatic rings. The van der Waals surface area contributed by atoms with Gasteiger partial charge in [0.1, 0.15) is 5.82 Å². The standard InChI is InChI=1S/C11H14FNS/c1-14-11-8(4-2-5-9(11)12)10-6-3-7-13-10/h2,4-5,10,13H,3,6-7H2,1H3. The molecule has 0 bridgehead atoms. The number of thioether (sulfide) groups is 1. The van der Waals surface area contributed by atoms with E-state index in [4.69, 9.17) is 0 Å². The van der Waals surface area contributed by atoms with Crippen molar-refractivity contribution in [3.05, 3.63) is 29.6 Å². The molecule has 0 amide bonds. The molecule has 2 rings (SSSR count). The molecule has 1 saturated heterocycles. The summed E-state index contributed by atoms with van der Waals surface area (Å²) in [6.45, 7) is 1.05. The van der Waals surface area contributed by atoms with Gasteiger partial charge in [-0.25, -0.2) is 4.39 Å². The molecule has 0 saturated carbocycles. The van der Waals surface area contributed by atoms with Crippen molar-refractivity contribution in [3.63, 3.8) is 0 Å². The molecule has 0 aliphatic carbocycles. The minimum atomic E-state index is -0.0938. The van der Waals surface area contributed by atoms with Crippen LogP contribution in [0.5, 0.6) is 0 Å². The van der Waals surface area contributed by atoms with Gasteiger partial charge in [0.05, 0.1) is 0 Å². The number of halogens is 1. The normalized spacial score (nSPS) is 21.4. The van der Waals surface area contributed by atoms with Gasteiger partial charge in [0, 0.05) is 10.9 Å². The predicted octanol–water partition coefficient (Wildman–Crippen LogP) is 2.97. The van der Waals surface area contributed by atoms with Crippen molar-refractivity contribution in [1.82, 2.24) is 5.32 Å². The molecule has 3 heteroatoms. The molecule has 1 fully saturated rings. The van der Waals surface area contributed by atoms with Gasteiger partial charge in [0.15, 0.2) is 0 Å². The van der Waals surface area contributed by atoms with Gasteiger partial charge in [-0.1, -0.05) is 12.1 Å². The number of benzene rings is 1. The molecule has 0 radical (unpaired) electrons. The lowest BCUT2D eigenvalue weighted by Crippen LogP contribution is -2.14. The summed E-state index contributed by atoms with van der Waals surface area (Å²) < 4.78 is 13.5. The van der Waals surface area contributed by atoms with Crippen LogP contribution in [0.4, 0.5) is 4.39 Å². The topological polar surface area (TPSA) is 12.0 Å². The lowest BCUT2D eigenvalue weighted by molar-refractivity contribution is 0.574. The average molecular weight is 211 g/mol. The van der Waals surface area contributed by atoms with Crippen molar-refractivity contribution < 1.29 is 4.39 Å². The van der Waals surface area contributed by atoms with Crippen LogP contribution in [0.25, 0.3) is 0 Å². The summed E-state index contributed by atoms with van der Waals surface area (Å²) in [6.07, 6.45) is 4.24. The molecule has 0 aromatic heterocycles. The van der Waals surface area contributed by atoms with Crippen LogP contribution in [0.1, 0.15) is 24.4 Å². The minimum absolute atomic E-state index is 0.0938. The van der Waals surface area contributed by atoms with Crippen LogP contribution in [0.15, 0.2) is 23.1 Å². The fourth-order valence-electron chi connectivity index (χ4n) is 1.97. The maximum atomic E-state index is 13.5. The maximum absolute atomic E-state index is 13.5. The Hall–Kier alpha value is -0.540. The van der Waals surface area contributed by atoms with E-state index in [2.05, 4.69) is 5.32 Å². The van der Waals surface area contributed by atoms with Crippen LogP contribution >= 0.6 is 11.8 Å². The number of rotatable bonds is 2. The zero-order valence-electron chi connectivity index (χ0n) is 8.22. The largest absolute Gasteiger partial charge is 0.310 e. The van der Waals surface area contributed by atoms with Crippen LogP contribution < -0.4 is 5.32 Å². The molecule has 76 valence electrons. The molecule has 1 heterocycles. The summed E-state index contributed by atoms with van der Waals surface area (Å²) in [5.41, 5.74) is 1.12. The third kappa shape index (κ3) is 1.79. The molecule has 1 unspecified atom stereocenters. The van der Waals surface area contributed by atoms with E-state index >= 15 is 0 Å². The Morgan fingerprint density at radius 1 is 1.50 bits per heavy atom. The predicted molar refractivity (Wildman–Crippen MR) is 58.2 cm³/mol. The number of hydrogen-bond donors (Lipinski definition) is 1. The highest BCUT2D eigenvalue weighted by Crippen LogP contribution is 2.32. The van der Waals surface area contributed by atoms with Gasteiger partial charge in [0.25, 0.3) is 0 Å². The molecule has 1 aromatic rings. The van der Waals surface area contributed by atoms with Crippen molar-refractivity contribution >= 4 is 11.8 Å². The fourth-order valence-corrected chi connectivity index (χ4v) is 2.67. The Morgan fingerprint density at radius 2 is 2.36 bits per heavy atom. The highest BCUT2D eigenvalue weighted by Gasteiger charge is 2.20. The van der Waals surface area contributed by atoms with Gasteiger partial charge in [0.2, 0.25) is 0 Å². The number of nitrogens with one attached hydrogen (secondary N) is 1. The maximum Gasteiger partial charge on any atom is 0.137 e. The Bertz CT molecular complexity index is 321. The summed E-state index contributed by atoms with van der Waals surface area (Å²) in [7, 11) is 0. The van der Waals surface area contributed by atoms with Crippen molar-refractivity contribution in [2.45, 2.75) is 23.8 Å². The monoisotopic (exact) mass is 211 g/mol. The zero-order valence-corrected chi connectivity index (χ0v) is 9.03.